The summed E-state index contributed by atoms with van der Waals surface area (Å²) in [6, 6.07) is 7.52. The van der Waals surface area contributed by atoms with Gasteiger partial charge in [-0.25, -0.2) is 9.97 Å². The first-order valence-corrected chi connectivity index (χ1v) is 6.08. The molecule has 0 saturated heterocycles. The molecule has 0 spiro atoms. The number of nitriles is 1. The summed E-state index contributed by atoms with van der Waals surface area (Å²) in [5.74, 6) is 1.58. The van der Waals surface area contributed by atoms with Gasteiger partial charge in [0.25, 0.3) is 0 Å². The van der Waals surface area contributed by atoms with Crippen molar-refractivity contribution in [2.24, 2.45) is 0 Å². The lowest BCUT2D eigenvalue weighted by atomic mass is 10.0. The van der Waals surface area contributed by atoms with Crippen LogP contribution in [0.3, 0.4) is 0 Å². The van der Waals surface area contributed by atoms with Gasteiger partial charge >= 0.3 is 0 Å². The average molecular weight is 269 g/mol. The summed E-state index contributed by atoms with van der Waals surface area (Å²) in [5.41, 5.74) is 3.11. The topological polar surface area (TPSA) is 68.0 Å². The van der Waals surface area contributed by atoms with E-state index in [1.807, 2.05) is 38.1 Å². The Morgan fingerprint density at radius 2 is 1.85 bits per heavy atom. The molecule has 5 heteroatoms. The second kappa shape index (κ2) is 5.57. The minimum Gasteiger partial charge on any atom is -0.496 e. The van der Waals surface area contributed by atoms with Crippen molar-refractivity contribution in [3.63, 3.8) is 0 Å². The largest absolute Gasteiger partial charge is 0.496 e. The van der Waals surface area contributed by atoms with Crippen LogP contribution in [0.15, 0.2) is 18.2 Å². The Labute approximate surface area is 117 Å². The summed E-state index contributed by atoms with van der Waals surface area (Å²) in [4.78, 5) is 8.29. The normalized spacial score (nSPS) is 9.95. The zero-order valence-corrected chi connectivity index (χ0v) is 11.9. The molecule has 0 unspecified atom stereocenters. The number of hydrogen-bond acceptors (Lipinski definition) is 5. The van der Waals surface area contributed by atoms with Gasteiger partial charge in [-0.1, -0.05) is 0 Å². The number of rotatable bonds is 3. The van der Waals surface area contributed by atoms with E-state index in [9.17, 15) is 0 Å². The number of aryl methyl sites for hydroxylation is 1. The number of aromatic nitrogens is 2. The van der Waals surface area contributed by atoms with Gasteiger partial charge in [-0.15, -0.1) is 0 Å². The van der Waals surface area contributed by atoms with Crippen molar-refractivity contribution in [2.45, 2.75) is 13.8 Å². The summed E-state index contributed by atoms with van der Waals surface area (Å²) in [6.45, 7) is 3.75. The van der Waals surface area contributed by atoms with Crippen molar-refractivity contribution < 1.29 is 9.47 Å². The van der Waals surface area contributed by atoms with Crippen molar-refractivity contribution in [3.8, 4) is 28.8 Å². The van der Waals surface area contributed by atoms with Crippen LogP contribution in [0, 0.1) is 25.2 Å². The Balaban J connectivity index is 2.67. The third kappa shape index (κ3) is 2.41. The first kappa shape index (κ1) is 13.8. The van der Waals surface area contributed by atoms with Crippen molar-refractivity contribution in [2.75, 3.05) is 14.2 Å². The molecule has 0 saturated carbocycles. The smallest absolute Gasteiger partial charge is 0.232 e. The standard InChI is InChI=1S/C15H15N3O2/c1-9-7-12(18-14(8-16)17-9)11-5-6-13(19-3)10(2)15(11)20-4/h5-7H,1-4H3. The molecule has 1 heterocycles. The molecule has 0 aliphatic rings. The molecule has 0 atom stereocenters. The number of nitrogens with zero attached hydrogens (tertiary/aromatic N) is 3. The van der Waals surface area contributed by atoms with E-state index in [2.05, 4.69) is 9.97 Å². The highest BCUT2D eigenvalue weighted by atomic mass is 16.5. The minimum atomic E-state index is 0.149. The highest BCUT2D eigenvalue weighted by molar-refractivity contribution is 5.71. The van der Waals surface area contributed by atoms with Crippen LogP contribution in [-0.4, -0.2) is 24.2 Å². The predicted molar refractivity (Wildman–Crippen MR) is 74.8 cm³/mol. The van der Waals surface area contributed by atoms with E-state index in [1.54, 1.807) is 14.2 Å². The Morgan fingerprint density at radius 1 is 1.10 bits per heavy atom. The van der Waals surface area contributed by atoms with E-state index >= 15 is 0 Å². The minimum absolute atomic E-state index is 0.149. The summed E-state index contributed by atoms with van der Waals surface area (Å²) < 4.78 is 10.7. The SMILES string of the molecule is COc1ccc(-c2cc(C)nc(C#N)n2)c(OC)c1C. The summed E-state index contributed by atoms with van der Waals surface area (Å²) >= 11 is 0. The maximum atomic E-state index is 8.97. The summed E-state index contributed by atoms with van der Waals surface area (Å²) in [5, 5.41) is 8.97. The van der Waals surface area contributed by atoms with Crippen LogP contribution >= 0.6 is 0 Å². The highest BCUT2D eigenvalue weighted by Crippen LogP contribution is 2.37. The Morgan fingerprint density at radius 3 is 2.45 bits per heavy atom. The molecule has 1 aromatic carbocycles. The van der Waals surface area contributed by atoms with Gasteiger partial charge in [-0.05, 0) is 32.0 Å². The lowest BCUT2D eigenvalue weighted by molar-refractivity contribution is 0.390. The zero-order valence-electron chi connectivity index (χ0n) is 11.9. The third-order valence-corrected chi connectivity index (χ3v) is 3.01. The maximum absolute atomic E-state index is 8.97. The number of hydrogen-bond donors (Lipinski definition) is 0. The van der Waals surface area contributed by atoms with Crippen LogP contribution in [0.5, 0.6) is 11.5 Å². The lowest BCUT2D eigenvalue weighted by Gasteiger charge is -2.14. The predicted octanol–water partition coefficient (Wildman–Crippen LogP) is 2.65. The van der Waals surface area contributed by atoms with E-state index in [0.717, 1.165) is 22.6 Å². The first-order chi connectivity index (χ1) is 9.60. The molecule has 0 radical (unpaired) electrons. The van der Waals surface area contributed by atoms with E-state index in [0.29, 0.717) is 11.4 Å². The van der Waals surface area contributed by atoms with Crippen LogP contribution < -0.4 is 9.47 Å². The monoisotopic (exact) mass is 269 g/mol. The molecule has 0 aliphatic heterocycles. The van der Waals surface area contributed by atoms with Crippen LogP contribution in [0.1, 0.15) is 17.1 Å². The molecule has 0 fully saturated rings. The summed E-state index contributed by atoms with van der Waals surface area (Å²) in [7, 11) is 3.22. The molecule has 2 aromatic rings. The highest BCUT2D eigenvalue weighted by Gasteiger charge is 2.15. The fourth-order valence-corrected chi connectivity index (χ4v) is 2.12. The van der Waals surface area contributed by atoms with E-state index < -0.39 is 0 Å². The van der Waals surface area contributed by atoms with Gasteiger partial charge in [0.15, 0.2) is 0 Å². The molecule has 0 amide bonds. The van der Waals surface area contributed by atoms with Crippen LogP contribution in [0.4, 0.5) is 0 Å². The molecular weight excluding hydrogens is 254 g/mol. The Kier molecular flexibility index (Phi) is 3.85. The average Bonchev–Trinajstić information content (AvgIpc) is 2.46. The molecule has 0 aliphatic carbocycles. The van der Waals surface area contributed by atoms with Gasteiger partial charge in [0, 0.05) is 16.8 Å². The van der Waals surface area contributed by atoms with Crippen molar-refractivity contribution in [1.82, 2.24) is 9.97 Å². The molecule has 20 heavy (non-hydrogen) atoms. The van der Waals surface area contributed by atoms with Gasteiger partial charge in [-0.2, -0.15) is 5.26 Å². The second-order valence-electron chi connectivity index (χ2n) is 4.30. The van der Waals surface area contributed by atoms with Gasteiger partial charge < -0.3 is 9.47 Å². The van der Waals surface area contributed by atoms with E-state index in [-0.39, 0.29) is 5.82 Å². The quantitative estimate of drug-likeness (QED) is 0.856. The van der Waals surface area contributed by atoms with Crippen LogP contribution in [0.25, 0.3) is 11.3 Å². The molecule has 5 nitrogen and oxygen atoms in total. The van der Waals surface area contributed by atoms with Crippen LogP contribution in [0.2, 0.25) is 0 Å². The van der Waals surface area contributed by atoms with E-state index in [4.69, 9.17) is 14.7 Å². The van der Waals surface area contributed by atoms with Gasteiger partial charge in [0.2, 0.25) is 5.82 Å². The number of methoxy groups -OCH3 is 2. The second-order valence-corrected chi connectivity index (χ2v) is 4.30. The van der Waals surface area contributed by atoms with Crippen molar-refractivity contribution in [1.29, 1.82) is 5.26 Å². The molecule has 102 valence electrons. The molecule has 2 rings (SSSR count). The molecule has 1 aromatic heterocycles. The van der Waals surface area contributed by atoms with Gasteiger partial charge in [-0.3, -0.25) is 0 Å². The molecular formula is C15H15N3O2. The molecule has 0 bridgehead atoms. The molecule has 0 N–H and O–H groups in total. The fraction of sp³-hybridized carbons (Fsp3) is 0.267. The van der Waals surface area contributed by atoms with E-state index in [1.165, 1.54) is 0 Å². The number of benzene rings is 1. The third-order valence-electron chi connectivity index (χ3n) is 3.01. The first-order valence-electron chi connectivity index (χ1n) is 6.08. The van der Waals surface area contributed by atoms with Crippen molar-refractivity contribution >= 4 is 0 Å². The van der Waals surface area contributed by atoms with Gasteiger partial charge in [0.1, 0.15) is 17.6 Å². The Bertz CT molecular complexity index is 690. The Hall–Kier alpha value is -2.61. The van der Waals surface area contributed by atoms with Gasteiger partial charge in [0.05, 0.1) is 19.9 Å². The van der Waals surface area contributed by atoms with Crippen LogP contribution in [-0.2, 0) is 0 Å². The number of ether oxygens (including phenoxy) is 2. The fourth-order valence-electron chi connectivity index (χ4n) is 2.12. The summed E-state index contributed by atoms with van der Waals surface area (Å²) in [6.07, 6.45) is 0. The van der Waals surface area contributed by atoms with Crippen molar-refractivity contribution in [3.05, 3.63) is 35.3 Å². The lowest BCUT2D eigenvalue weighted by Crippen LogP contribution is -1.99. The maximum Gasteiger partial charge on any atom is 0.232 e. The zero-order chi connectivity index (χ0) is 14.7.